The summed E-state index contributed by atoms with van der Waals surface area (Å²) in [5, 5.41) is 8.98. The van der Waals surface area contributed by atoms with Crippen molar-refractivity contribution in [2.24, 2.45) is 0 Å². The van der Waals surface area contributed by atoms with Crippen LogP contribution in [0.2, 0.25) is 0 Å². The predicted molar refractivity (Wildman–Crippen MR) is 74.0 cm³/mol. The summed E-state index contributed by atoms with van der Waals surface area (Å²) in [4.78, 5) is 38.4. The van der Waals surface area contributed by atoms with Gasteiger partial charge in [0.15, 0.2) is 0 Å². The quantitative estimate of drug-likeness (QED) is 0.867. The number of aromatic carboxylic acids is 1. The molecule has 0 spiro atoms. The molecule has 6 nitrogen and oxygen atoms in total. The standard InChI is InChI=1S/C15H12N2O4/c18-13-4-3-10(6-16-13)14(19)17-7-11-2-1-9(15(20)21)5-12(11)8-17/h1-6H,7-8H2,(H,16,18)(H,20,21). The zero-order chi connectivity index (χ0) is 15.0. The van der Waals surface area contributed by atoms with E-state index in [-0.39, 0.29) is 17.0 Å². The number of carbonyl (C=O) groups is 2. The minimum atomic E-state index is -0.983. The van der Waals surface area contributed by atoms with Gasteiger partial charge >= 0.3 is 5.97 Å². The number of aromatic amines is 1. The molecule has 2 aromatic rings. The molecule has 1 aliphatic rings. The summed E-state index contributed by atoms with van der Waals surface area (Å²) in [7, 11) is 0. The SMILES string of the molecule is O=C(O)c1ccc2c(c1)CN(C(=O)c1ccc(=O)[nH]c1)C2. The third-order valence-corrected chi connectivity index (χ3v) is 3.49. The first-order valence-electron chi connectivity index (χ1n) is 6.38. The molecule has 3 rings (SSSR count). The normalized spacial score (nSPS) is 13.0. The summed E-state index contributed by atoms with van der Waals surface area (Å²) >= 11 is 0. The zero-order valence-electron chi connectivity index (χ0n) is 11.0. The lowest BCUT2D eigenvalue weighted by atomic mass is 10.1. The van der Waals surface area contributed by atoms with E-state index in [1.807, 2.05) is 0 Å². The van der Waals surface area contributed by atoms with Gasteiger partial charge in [0.05, 0.1) is 11.1 Å². The number of carboxylic acid groups (broad SMARTS) is 1. The molecule has 0 unspecified atom stereocenters. The Morgan fingerprint density at radius 3 is 2.43 bits per heavy atom. The van der Waals surface area contributed by atoms with Gasteiger partial charge < -0.3 is 15.0 Å². The monoisotopic (exact) mass is 284 g/mol. The van der Waals surface area contributed by atoms with Crippen molar-refractivity contribution in [3.63, 3.8) is 0 Å². The third-order valence-electron chi connectivity index (χ3n) is 3.49. The van der Waals surface area contributed by atoms with Crippen LogP contribution >= 0.6 is 0 Å². The number of hydrogen-bond acceptors (Lipinski definition) is 3. The number of pyridine rings is 1. The maximum atomic E-state index is 12.3. The Morgan fingerprint density at radius 2 is 1.76 bits per heavy atom. The molecule has 6 heteroatoms. The highest BCUT2D eigenvalue weighted by molar-refractivity contribution is 5.94. The van der Waals surface area contributed by atoms with Gasteiger partial charge in [-0.1, -0.05) is 6.07 Å². The van der Waals surface area contributed by atoms with Gasteiger partial charge in [-0.25, -0.2) is 4.79 Å². The number of aromatic nitrogens is 1. The van der Waals surface area contributed by atoms with Gasteiger partial charge in [-0.15, -0.1) is 0 Å². The number of benzene rings is 1. The van der Waals surface area contributed by atoms with Crippen molar-refractivity contribution < 1.29 is 14.7 Å². The van der Waals surface area contributed by atoms with E-state index in [4.69, 9.17) is 5.11 Å². The maximum absolute atomic E-state index is 12.3. The molecule has 0 saturated heterocycles. The van der Waals surface area contributed by atoms with Gasteiger partial charge in [-0.05, 0) is 29.3 Å². The van der Waals surface area contributed by atoms with E-state index in [0.29, 0.717) is 18.7 Å². The molecule has 21 heavy (non-hydrogen) atoms. The van der Waals surface area contributed by atoms with E-state index in [1.165, 1.54) is 24.4 Å². The summed E-state index contributed by atoms with van der Waals surface area (Å²) in [6, 6.07) is 7.65. The fourth-order valence-electron chi connectivity index (χ4n) is 2.40. The van der Waals surface area contributed by atoms with Gasteiger partial charge in [0, 0.05) is 25.4 Å². The highest BCUT2D eigenvalue weighted by atomic mass is 16.4. The van der Waals surface area contributed by atoms with Crippen molar-refractivity contribution >= 4 is 11.9 Å². The molecule has 1 aliphatic heterocycles. The van der Waals surface area contributed by atoms with Gasteiger partial charge in [-0.2, -0.15) is 0 Å². The second-order valence-electron chi connectivity index (χ2n) is 4.89. The van der Waals surface area contributed by atoms with E-state index in [9.17, 15) is 14.4 Å². The number of carboxylic acids is 1. The number of amides is 1. The van der Waals surface area contributed by atoms with Crippen LogP contribution in [-0.4, -0.2) is 26.9 Å². The van der Waals surface area contributed by atoms with Crippen LogP contribution in [0.1, 0.15) is 31.8 Å². The van der Waals surface area contributed by atoms with Crippen molar-refractivity contribution in [1.29, 1.82) is 0 Å². The number of H-pyrrole nitrogens is 1. The van der Waals surface area contributed by atoms with Crippen LogP contribution in [0.3, 0.4) is 0 Å². The number of hydrogen-bond donors (Lipinski definition) is 2. The van der Waals surface area contributed by atoms with Crippen LogP contribution in [0.25, 0.3) is 0 Å². The summed E-state index contributed by atoms with van der Waals surface area (Å²) in [6.07, 6.45) is 1.39. The zero-order valence-corrected chi connectivity index (χ0v) is 11.0. The van der Waals surface area contributed by atoms with E-state index in [1.54, 1.807) is 17.0 Å². The molecule has 1 aromatic heterocycles. The Bertz CT molecular complexity index is 774. The second kappa shape index (κ2) is 4.90. The topological polar surface area (TPSA) is 90.5 Å². The fraction of sp³-hybridized carbons (Fsp3) is 0.133. The molecule has 0 fully saturated rings. The molecular formula is C15H12N2O4. The van der Waals surface area contributed by atoms with Crippen LogP contribution < -0.4 is 5.56 Å². The minimum absolute atomic E-state index is 0.195. The van der Waals surface area contributed by atoms with Crippen LogP contribution in [0.5, 0.6) is 0 Å². The Hall–Kier alpha value is -2.89. The molecule has 0 bridgehead atoms. The van der Waals surface area contributed by atoms with E-state index in [2.05, 4.69) is 4.98 Å². The molecule has 0 aliphatic carbocycles. The van der Waals surface area contributed by atoms with Crippen molar-refractivity contribution in [2.75, 3.05) is 0 Å². The van der Waals surface area contributed by atoms with Crippen molar-refractivity contribution in [1.82, 2.24) is 9.88 Å². The molecule has 2 heterocycles. The van der Waals surface area contributed by atoms with Crippen LogP contribution in [0, 0.1) is 0 Å². The lowest BCUT2D eigenvalue weighted by Crippen LogP contribution is -2.26. The third kappa shape index (κ3) is 2.43. The van der Waals surface area contributed by atoms with Crippen molar-refractivity contribution in [3.8, 4) is 0 Å². The first kappa shape index (κ1) is 13.1. The largest absolute Gasteiger partial charge is 0.478 e. The van der Waals surface area contributed by atoms with Crippen molar-refractivity contribution in [2.45, 2.75) is 13.1 Å². The number of rotatable bonds is 2. The summed E-state index contributed by atoms with van der Waals surface area (Å²) in [6.45, 7) is 0.807. The second-order valence-corrected chi connectivity index (χ2v) is 4.89. The van der Waals surface area contributed by atoms with Gasteiger partial charge in [0.25, 0.3) is 5.91 Å². The summed E-state index contributed by atoms with van der Waals surface area (Å²) in [5.74, 6) is -1.18. The number of carbonyl (C=O) groups excluding carboxylic acids is 1. The van der Waals surface area contributed by atoms with E-state index < -0.39 is 5.97 Å². The number of nitrogens with zero attached hydrogens (tertiary/aromatic N) is 1. The molecular weight excluding hydrogens is 272 g/mol. The Morgan fingerprint density at radius 1 is 1.05 bits per heavy atom. The lowest BCUT2D eigenvalue weighted by molar-refractivity contribution is 0.0696. The molecule has 1 amide bonds. The lowest BCUT2D eigenvalue weighted by Gasteiger charge is -2.14. The molecule has 0 saturated carbocycles. The van der Waals surface area contributed by atoms with E-state index in [0.717, 1.165) is 11.1 Å². The molecule has 0 radical (unpaired) electrons. The Balaban J connectivity index is 1.84. The smallest absolute Gasteiger partial charge is 0.335 e. The molecule has 0 atom stereocenters. The molecule has 106 valence electrons. The van der Waals surface area contributed by atoms with Crippen LogP contribution in [-0.2, 0) is 13.1 Å². The van der Waals surface area contributed by atoms with Gasteiger partial charge in [0.1, 0.15) is 0 Å². The summed E-state index contributed by atoms with van der Waals surface area (Å²) in [5.41, 5.74) is 2.14. The average Bonchev–Trinajstić information content (AvgIpc) is 2.90. The van der Waals surface area contributed by atoms with Crippen LogP contribution in [0.15, 0.2) is 41.3 Å². The first-order valence-corrected chi connectivity index (χ1v) is 6.38. The highest BCUT2D eigenvalue weighted by Crippen LogP contribution is 2.25. The number of nitrogens with one attached hydrogen (secondary N) is 1. The average molecular weight is 284 g/mol. The van der Waals surface area contributed by atoms with Crippen molar-refractivity contribution in [3.05, 3.63) is 69.1 Å². The maximum Gasteiger partial charge on any atom is 0.335 e. The Labute approximate surface area is 119 Å². The predicted octanol–water partition coefficient (Wildman–Crippen LogP) is 1.23. The molecule has 1 aromatic carbocycles. The van der Waals surface area contributed by atoms with Gasteiger partial charge in [0.2, 0.25) is 5.56 Å². The first-order chi connectivity index (χ1) is 10.0. The minimum Gasteiger partial charge on any atom is -0.478 e. The summed E-state index contributed by atoms with van der Waals surface area (Å²) < 4.78 is 0. The van der Waals surface area contributed by atoms with E-state index >= 15 is 0 Å². The Kier molecular flexibility index (Phi) is 3.06. The highest BCUT2D eigenvalue weighted by Gasteiger charge is 2.25. The molecule has 2 N–H and O–H groups in total. The number of fused-ring (bicyclic) bond motifs is 1. The van der Waals surface area contributed by atoms with Gasteiger partial charge in [-0.3, -0.25) is 9.59 Å². The fourth-order valence-corrected chi connectivity index (χ4v) is 2.40. The van der Waals surface area contributed by atoms with Crippen LogP contribution in [0.4, 0.5) is 0 Å².